The largest absolute Gasteiger partial charge is 0.457 e. The molecule has 2 N–H and O–H groups in total. The number of carbonyl (C=O) groups is 1. The zero-order chi connectivity index (χ0) is 34.1. The van der Waals surface area contributed by atoms with Gasteiger partial charge >= 0.3 is 0 Å². The molecule has 3 saturated heterocycles. The number of aromatic nitrogens is 4. The van der Waals surface area contributed by atoms with Crippen LogP contribution in [0.3, 0.4) is 0 Å². The van der Waals surface area contributed by atoms with Gasteiger partial charge < -0.3 is 20.1 Å². The number of halogens is 1. The minimum absolute atomic E-state index is 0.127. The summed E-state index contributed by atoms with van der Waals surface area (Å²) in [7, 11) is 0. The van der Waals surface area contributed by atoms with Crippen LogP contribution in [0.5, 0.6) is 11.5 Å². The number of likely N-dealkylation sites (tertiary alicyclic amines) is 1. The molecule has 3 aliphatic heterocycles. The Morgan fingerprint density at radius 2 is 1.86 bits per heavy atom. The van der Waals surface area contributed by atoms with E-state index in [0.717, 1.165) is 45.8 Å². The van der Waals surface area contributed by atoms with Crippen LogP contribution in [0.4, 0.5) is 10.2 Å². The molecule has 0 spiro atoms. The molecule has 3 fully saturated rings. The lowest BCUT2D eigenvalue weighted by molar-refractivity contribution is -0.128. The Balaban J connectivity index is 1.11. The van der Waals surface area contributed by atoms with Crippen molar-refractivity contribution in [2.45, 2.75) is 44.2 Å². The smallest absolute Gasteiger partial charge is 0.264 e. The summed E-state index contributed by atoms with van der Waals surface area (Å²) >= 11 is 0. The number of amides is 1. The lowest BCUT2D eigenvalue weighted by Gasteiger charge is -2.46. The summed E-state index contributed by atoms with van der Waals surface area (Å²) in [5.74, 6) is 0.0181. The molecule has 0 unspecified atom stereocenters. The number of hydrogen-bond acceptors (Lipinski definition) is 10. The molecule has 0 bridgehead atoms. The highest BCUT2D eigenvalue weighted by Gasteiger charge is 2.36. The molecule has 0 aliphatic carbocycles. The fourth-order valence-electron chi connectivity index (χ4n) is 7.03. The lowest BCUT2D eigenvalue weighted by Crippen LogP contribution is -2.59. The number of nitrogens with zero attached hydrogens (tertiary/aromatic N) is 8. The number of nitriles is 1. The van der Waals surface area contributed by atoms with Crippen molar-refractivity contribution in [1.82, 2.24) is 34.4 Å². The Morgan fingerprint density at radius 1 is 1.08 bits per heavy atom. The number of nitrogen functional groups attached to an aromatic ring is 1. The van der Waals surface area contributed by atoms with Gasteiger partial charge in [-0.3, -0.25) is 14.6 Å². The molecular formula is C36H40FN9O3. The van der Waals surface area contributed by atoms with Gasteiger partial charge in [-0.25, -0.2) is 19.0 Å². The fraction of sp³-hybridized carbons (Fsp3) is 0.417. The van der Waals surface area contributed by atoms with Crippen LogP contribution >= 0.6 is 0 Å². The molecule has 4 aromatic rings. The molecule has 0 saturated carbocycles. The summed E-state index contributed by atoms with van der Waals surface area (Å²) < 4.78 is 28.3. The average molecular weight is 666 g/mol. The molecule has 1 amide bonds. The van der Waals surface area contributed by atoms with E-state index in [-0.39, 0.29) is 28.9 Å². The van der Waals surface area contributed by atoms with Crippen molar-refractivity contribution >= 4 is 22.8 Å². The predicted octanol–water partition coefficient (Wildman–Crippen LogP) is 4.28. The summed E-state index contributed by atoms with van der Waals surface area (Å²) in [6, 6.07) is 16.4. The van der Waals surface area contributed by atoms with E-state index < -0.39 is 11.4 Å². The van der Waals surface area contributed by atoms with Crippen LogP contribution in [0.15, 0.2) is 66.5 Å². The molecule has 7 rings (SSSR count). The highest BCUT2D eigenvalue weighted by atomic mass is 19.1. The maximum Gasteiger partial charge on any atom is 0.264 e. The van der Waals surface area contributed by atoms with E-state index >= 15 is 4.39 Å². The van der Waals surface area contributed by atoms with E-state index in [4.69, 9.17) is 20.3 Å². The molecule has 2 aromatic heterocycles. The van der Waals surface area contributed by atoms with E-state index in [0.29, 0.717) is 53.8 Å². The van der Waals surface area contributed by atoms with Gasteiger partial charge in [0.25, 0.3) is 5.91 Å². The van der Waals surface area contributed by atoms with Crippen molar-refractivity contribution in [3.8, 4) is 23.3 Å². The molecule has 254 valence electrons. The minimum atomic E-state index is -0.557. The fourth-order valence-corrected chi connectivity index (χ4v) is 7.03. The predicted molar refractivity (Wildman–Crippen MR) is 182 cm³/mol. The highest BCUT2D eigenvalue weighted by Crippen LogP contribution is 2.35. The molecule has 49 heavy (non-hydrogen) atoms. The third-order valence-electron chi connectivity index (χ3n) is 9.85. The first-order chi connectivity index (χ1) is 23.7. The number of piperazine rings is 1. The monoisotopic (exact) mass is 665 g/mol. The number of rotatable bonds is 8. The Hall–Kier alpha value is -4.90. The normalized spacial score (nSPS) is 19.8. The number of nitrogens with two attached hydrogens (primary N) is 1. The van der Waals surface area contributed by atoms with E-state index in [1.807, 2.05) is 24.3 Å². The molecule has 3 aliphatic rings. The zero-order valence-corrected chi connectivity index (χ0v) is 27.8. The lowest BCUT2D eigenvalue weighted by atomic mass is 9.92. The quantitative estimate of drug-likeness (QED) is 0.214. The van der Waals surface area contributed by atoms with Crippen molar-refractivity contribution in [3.63, 3.8) is 0 Å². The van der Waals surface area contributed by atoms with Crippen LogP contribution in [0.1, 0.15) is 38.3 Å². The summed E-state index contributed by atoms with van der Waals surface area (Å²) in [6.45, 7) is 10.1. The molecule has 13 heteroatoms. The number of fused-ring (bicyclic) bond motifs is 1. The van der Waals surface area contributed by atoms with Crippen molar-refractivity contribution in [2.24, 2.45) is 0 Å². The van der Waals surface area contributed by atoms with Gasteiger partial charge in [-0.05, 0) is 57.0 Å². The number of para-hydroxylation sites is 1. The van der Waals surface area contributed by atoms with Gasteiger partial charge in [0.1, 0.15) is 46.2 Å². The van der Waals surface area contributed by atoms with Crippen molar-refractivity contribution < 1.29 is 18.7 Å². The number of carbonyl (C=O) groups excluding carboxylic acids is 1. The molecule has 1 atom stereocenters. The van der Waals surface area contributed by atoms with Gasteiger partial charge in [-0.1, -0.05) is 18.2 Å². The van der Waals surface area contributed by atoms with Crippen LogP contribution in [0.25, 0.3) is 16.7 Å². The first-order valence-corrected chi connectivity index (χ1v) is 16.7. The minimum Gasteiger partial charge on any atom is -0.457 e. The summed E-state index contributed by atoms with van der Waals surface area (Å²) in [6.07, 6.45) is 4.62. The third kappa shape index (κ3) is 6.59. The maximum atomic E-state index is 15.7. The molecule has 0 radical (unpaired) electrons. The van der Waals surface area contributed by atoms with E-state index in [1.165, 1.54) is 17.1 Å². The van der Waals surface area contributed by atoms with E-state index in [9.17, 15) is 10.1 Å². The first-order valence-electron chi connectivity index (χ1n) is 16.7. The van der Waals surface area contributed by atoms with Crippen molar-refractivity contribution in [1.29, 1.82) is 5.26 Å². The zero-order valence-electron chi connectivity index (χ0n) is 27.8. The highest BCUT2D eigenvalue weighted by molar-refractivity contribution is 5.97. The molecule has 12 nitrogen and oxygen atoms in total. The van der Waals surface area contributed by atoms with Gasteiger partial charge in [0, 0.05) is 56.8 Å². The van der Waals surface area contributed by atoms with Gasteiger partial charge in [0.15, 0.2) is 11.6 Å². The molecule has 2 aromatic carbocycles. The second-order valence-corrected chi connectivity index (χ2v) is 13.4. The van der Waals surface area contributed by atoms with E-state index in [2.05, 4.69) is 39.7 Å². The van der Waals surface area contributed by atoms with Crippen LogP contribution in [-0.4, -0.2) is 104 Å². The molecular weight excluding hydrogens is 625 g/mol. The Bertz CT molecular complexity index is 1910. The Kier molecular flexibility index (Phi) is 9.02. The van der Waals surface area contributed by atoms with Gasteiger partial charge in [0.2, 0.25) is 0 Å². The summed E-state index contributed by atoms with van der Waals surface area (Å²) in [5.41, 5.74) is 7.63. The summed E-state index contributed by atoms with van der Waals surface area (Å²) in [4.78, 5) is 29.0. The molecule has 5 heterocycles. The third-order valence-corrected chi connectivity index (χ3v) is 9.85. The first kappa shape index (κ1) is 32.6. The number of piperidine rings is 1. The Morgan fingerprint density at radius 3 is 2.55 bits per heavy atom. The second kappa shape index (κ2) is 13.5. The van der Waals surface area contributed by atoms with Crippen molar-refractivity contribution in [2.75, 3.05) is 58.2 Å². The van der Waals surface area contributed by atoms with Gasteiger partial charge in [-0.15, -0.1) is 0 Å². The average Bonchev–Trinajstić information content (AvgIpc) is 3.48. The van der Waals surface area contributed by atoms with Crippen LogP contribution in [-0.2, 0) is 9.53 Å². The maximum absolute atomic E-state index is 15.7. The number of ether oxygens (including phenoxy) is 2. The van der Waals surface area contributed by atoms with E-state index in [1.54, 1.807) is 29.2 Å². The van der Waals surface area contributed by atoms with Gasteiger partial charge in [-0.2, -0.15) is 10.4 Å². The second-order valence-electron chi connectivity index (χ2n) is 13.4. The van der Waals surface area contributed by atoms with Crippen LogP contribution in [0.2, 0.25) is 0 Å². The number of anilines is 1. The number of benzene rings is 2. The van der Waals surface area contributed by atoms with Crippen LogP contribution < -0.4 is 10.5 Å². The topological polar surface area (TPSA) is 139 Å². The van der Waals surface area contributed by atoms with Gasteiger partial charge in [0.05, 0.1) is 24.9 Å². The Labute approximate surface area is 284 Å². The number of hydrogen-bond donors (Lipinski definition) is 1. The standard InChI is InChI=1S/C36H40FN9O3/c1-36(2,45-15-13-43(14-16-45)26-21-48-22-26)18-25(19-38)35(47)44-12-6-7-24(20-44)31-32-33(34(39)41-23-40-32)46(42-31)30-11-10-28(17-29(30)37)49-27-8-4-3-5-9-27/h3-5,8-11,17-18,23-24,26H,6-7,12-16,20-22H2,1-2H3,(H2,39,40,41)/t24-/m1/s1. The SMILES string of the molecule is CC(C)(C=C(C#N)C(=O)N1CCC[C@@H](c2nn(-c3ccc(Oc4ccccc4)cc3F)c3c(N)ncnc23)C1)N1CCN(C2COC2)CC1. The summed E-state index contributed by atoms with van der Waals surface area (Å²) in [5, 5.41) is 15.0. The van der Waals surface area contributed by atoms with Crippen molar-refractivity contribution in [3.05, 3.63) is 78.0 Å². The van der Waals surface area contributed by atoms with Crippen LogP contribution in [0, 0.1) is 17.1 Å².